The number of ether oxygens (including phenoxy) is 1. The molecule has 0 bridgehead atoms. The zero-order chi connectivity index (χ0) is 21.8. The minimum atomic E-state index is -0.214. The van der Waals surface area contributed by atoms with Crippen molar-refractivity contribution in [2.75, 3.05) is 56.2 Å². The first-order valence-corrected chi connectivity index (χ1v) is 10.7. The Bertz CT molecular complexity index is 919. The maximum absolute atomic E-state index is 14.3. The van der Waals surface area contributed by atoms with Gasteiger partial charge in [0.25, 0.3) is 0 Å². The van der Waals surface area contributed by atoms with E-state index in [9.17, 15) is 9.18 Å². The van der Waals surface area contributed by atoms with Gasteiger partial charge in [0.15, 0.2) is 0 Å². The number of aromatic nitrogens is 2. The average Bonchev–Trinajstić information content (AvgIpc) is 2.81. The molecule has 31 heavy (non-hydrogen) atoms. The van der Waals surface area contributed by atoms with Gasteiger partial charge in [0, 0.05) is 57.6 Å². The second-order valence-corrected chi connectivity index (χ2v) is 8.06. The molecule has 2 aromatic rings. The number of rotatable bonds is 4. The summed E-state index contributed by atoms with van der Waals surface area (Å²) in [5, 5.41) is 3.15. The lowest BCUT2D eigenvalue weighted by Gasteiger charge is -2.38. The molecule has 1 aromatic heterocycles. The SMILES string of the molecule is COc1ccnc(N2CCN(C(=O)NC3CCCN(c4cc(C)ccc4F)C3)CC2)n1. The van der Waals surface area contributed by atoms with Crippen LogP contribution in [-0.4, -0.2) is 73.3 Å². The molecule has 166 valence electrons. The summed E-state index contributed by atoms with van der Waals surface area (Å²) in [7, 11) is 1.58. The van der Waals surface area contributed by atoms with E-state index >= 15 is 0 Å². The van der Waals surface area contributed by atoms with Crippen LogP contribution >= 0.6 is 0 Å². The molecule has 0 aliphatic carbocycles. The van der Waals surface area contributed by atoms with E-state index in [-0.39, 0.29) is 17.9 Å². The van der Waals surface area contributed by atoms with Gasteiger partial charge in [-0.15, -0.1) is 0 Å². The second kappa shape index (κ2) is 9.36. The summed E-state index contributed by atoms with van der Waals surface area (Å²) in [5.41, 5.74) is 1.64. The molecule has 2 fully saturated rings. The van der Waals surface area contributed by atoms with Crippen LogP contribution in [0.5, 0.6) is 5.88 Å². The minimum absolute atomic E-state index is 0.000842. The molecule has 1 atom stereocenters. The highest BCUT2D eigenvalue weighted by molar-refractivity contribution is 5.75. The van der Waals surface area contributed by atoms with Crippen molar-refractivity contribution in [1.29, 1.82) is 0 Å². The van der Waals surface area contributed by atoms with Crippen molar-refractivity contribution in [3.8, 4) is 5.88 Å². The quantitative estimate of drug-likeness (QED) is 0.806. The number of urea groups is 1. The molecule has 1 unspecified atom stereocenters. The van der Waals surface area contributed by atoms with E-state index in [1.54, 1.807) is 25.4 Å². The van der Waals surface area contributed by atoms with Gasteiger partial charge >= 0.3 is 6.03 Å². The highest BCUT2D eigenvalue weighted by Gasteiger charge is 2.27. The smallest absolute Gasteiger partial charge is 0.317 e. The van der Waals surface area contributed by atoms with Crippen molar-refractivity contribution < 1.29 is 13.9 Å². The van der Waals surface area contributed by atoms with E-state index in [4.69, 9.17) is 4.74 Å². The van der Waals surface area contributed by atoms with Crippen molar-refractivity contribution in [2.45, 2.75) is 25.8 Å². The Kier molecular flexibility index (Phi) is 6.39. The van der Waals surface area contributed by atoms with Crippen LogP contribution < -0.4 is 19.9 Å². The topological polar surface area (TPSA) is 73.8 Å². The number of piperidine rings is 1. The first-order valence-electron chi connectivity index (χ1n) is 10.7. The molecule has 2 aliphatic rings. The molecule has 9 heteroatoms. The molecule has 2 amide bonds. The first-order chi connectivity index (χ1) is 15.0. The lowest BCUT2D eigenvalue weighted by atomic mass is 10.0. The van der Waals surface area contributed by atoms with Gasteiger partial charge in [-0.3, -0.25) is 0 Å². The van der Waals surface area contributed by atoms with E-state index in [2.05, 4.69) is 20.2 Å². The maximum Gasteiger partial charge on any atom is 0.317 e. The van der Waals surface area contributed by atoms with E-state index in [0.717, 1.165) is 24.9 Å². The number of hydrogen-bond acceptors (Lipinski definition) is 6. The number of halogens is 1. The summed E-state index contributed by atoms with van der Waals surface area (Å²) in [6, 6.07) is 6.81. The van der Waals surface area contributed by atoms with E-state index in [0.29, 0.717) is 50.2 Å². The van der Waals surface area contributed by atoms with E-state index in [1.807, 2.05) is 22.8 Å². The maximum atomic E-state index is 14.3. The fourth-order valence-electron chi connectivity index (χ4n) is 4.15. The number of benzene rings is 1. The number of nitrogens with one attached hydrogen (secondary N) is 1. The molecule has 0 saturated carbocycles. The van der Waals surface area contributed by atoms with Crippen molar-refractivity contribution in [3.63, 3.8) is 0 Å². The number of carbonyl (C=O) groups is 1. The van der Waals surface area contributed by atoms with Gasteiger partial charge in [-0.25, -0.2) is 14.2 Å². The third-order valence-corrected chi connectivity index (χ3v) is 5.87. The molecule has 4 rings (SSSR count). The summed E-state index contributed by atoms with van der Waals surface area (Å²) >= 11 is 0. The molecule has 2 aliphatic heterocycles. The Morgan fingerprint density at radius 1 is 1.16 bits per heavy atom. The van der Waals surface area contributed by atoms with Crippen LogP contribution in [0.25, 0.3) is 0 Å². The number of methoxy groups -OCH3 is 1. The van der Waals surface area contributed by atoms with E-state index < -0.39 is 0 Å². The molecule has 8 nitrogen and oxygen atoms in total. The highest BCUT2D eigenvalue weighted by atomic mass is 19.1. The van der Waals surface area contributed by atoms with Crippen molar-refractivity contribution in [3.05, 3.63) is 41.8 Å². The van der Waals surface area contributed by atoms with Crippen LogP contribution in [0.2, 0.25) is 0 Å². The monoisotopic (exact) mass is 428 g/mol. The number of aryl methyl sites for hydroxylation is 1. The highest BCUT2D eigenvalue weighted by Crippen LogP contribution is 2.24. The largest absolute Gasteiger partial charge is 0.481 e. The zero-order valence-electron chi connectivity index (χ0n) is 18.1. The van der Waals surface area contributed by atoms with Gasteiger partial charge < -0.3 is 24.8 Å². The molecule has 0 spiro atoms. The Balaban J connectivity index is 1.31. The van der Waals surface area contributed by atoms with Crippen molar-refractivity contribution >= 4 is 17.7 Å². The normalized spacial score (nSPS) is 19.3. The molecular formula is C22H29FN6O2. The molecule has 3 heterocycles. The molecular weight excluding hydrogens is 399 g/mol. The average molecular weight is 429 g/mol. The van der Waals surface area contributed by atoms with Crippen LogP contribution in [0.15, 0.2) is 30.5 Å². The summed E-state index contributed by atoms with van der Waals surface area (Å²) in [6.07, 6.45) is 3.48. The third-order valence-electron chi connectivity index (χ3n) is 5.87. The second-order valence-electron chi connectivity index (χ2n) is 8.06. The van der Waals surface area contributed by atoms with Crippen LogP contribution in [0, 0.1) is 12.7 Å². The number of anilines is 2. The minimum Gasteiger partial charge on any atom is -0.481 e. The Morgan fingerprint density at radius 3 is 2.74 bits per heavy atom. The molecule has 1 aromatic carbocycles. The Labute approximate surface area is 182 Å². The number of nitrogens with zero attached hydrogens (tertiary/aromatic N) is 5. The van der Waals surface area contributed by atoms with Crippen molar-refractivity contribution in [2.24, 2.45) is 0 Å². The number of carbonyl (C=O) groups excluding carboxylic acids is 1. The van der Waals surface area contributed by atoms with Crippen molar-refractivity contribution in [1.82, 2.24) is 20.2 Å². The van der Waals surface area contributed by atoms with Crippen LogP contribution in [0.1, 0.15) is 18.4 Å². The fraction of sp³-hybridized carbons (Fsp3) is 0.500. The molecule has 1 N–H and O–H groups in total. The third kappa shape index (κ3) is 4.98. The fourth-order valence-corrected chi connectivity index (χ4v) is 4.15. The first kappa shape index (κ1) is 21.1. The van der Waals surface area contributed by atoms with Gasteiger partial charge in [0.05, 0.1) is 12.8 Å². The summed E-state index contributed by atoms with van der Waals surface area (Å²) < 4.78 is 19.5. The number of amides is 2. The lowest BCUT2D eigenvalue weighted by molar-refractivity contribution is 0.188. The van der Waals surface area contributed by atoms with Gasteiger partial charge in [-0.1, -0.05) is 6.07 Å². The summed E-state index contributed by atoms with van der Waals surface area (Å²) in [5.74, 6) is 0.924. The number of piperazine rings is 1. The lowest BCUT2D eigenvalue weighted by Crippen LogP contribution is -2.56. The van der Waals surface area contributed by atoms with E-state index in [1.165, 1.54) is 6.07 Å². The molecule has 0 radical (unpaired) electrons. The summed E-state index contributed by atoms with van der Waals surface area (Å²) in [6.45, 7) is 5.88. The van der Waals surface area contributed by atoms with Gasteiger partial charge in [-0.05, 0) is 37.5 Å². The Hall–Kier alpha value is -3.10. The van der Waals surface area contributed by atoms with Crippen LogP contribution in [0.4, 0.5) is 20.8 Å². The molecule has 2 saturated heterocycles. The Morgan fingerprint density at radius 2 is 1.97 bits per heavy atom. The zero-order valence-corrected chi connectivity index (χ0v) is 18.1. The number of hydrogen-bond donors (Lipinski definition) is 1. The predicted octanol–water partition coefficient (Wildman–Crippen LogP) is 2.43. The van der Waals surface area contributed by atoms with Gasteiger partial charge in [-0.2, -0.15) is 4.98 Å². The predicted molar refractivity (Wildman–Crippen MR) is 117 cm³/mol. The van der Waals surface area contributed by atoms with Crippen LogP contribution in [-0.2, 0) is 0 Å². The van der Waals surface area contributed by atoms with Gasteiger partial charge in [0.2, 0.25) is 11.8 Å². The van der Waals surface area contributed by atoms with Gasteiger partial charge in [0.1, 0.15) is 5.82 Å². The summed E-state index contributed by atoms with van der Waals surface area (Å²) in [4.78, 5) is 27.4. The standard InChI is InChI=1S/C22H29FN6O2/c1-16-5-6-18(23)19(14-16)29-9-3-4-17(15-29)25-22(30)28-12-10-27(11-13-28)21-24-8-7-20(26-21)31-2/h5-8,14,17H,3-4,9-13,15H2,1-2H3,(H,25,30). The van der Waals surface area contributed by atoms with Crippen LogP contribution in [0.3, 0.4) is 0 Å².